The fourth-order valence-corrected chi connectivity index (χ4v) is 1.79. The quantitative estimate of drug-likeness (QED) is 0.751. The van der Waals surface area contributed by atoms with Crippen molar-refractivity contribution in [3.8, 4) is 0 Å². The van der Waals surface area contributed by atoms with E-state index in [1.54, 1.807) is 30.3 Å². The lowest BCUT2D eigenvalue weighted by Crippen LogP contribution is -2.37. The van der Waals surface area contributed by atoms with Crippen LogP contribution in [0.15, 0.2) is 35.9 Å². The van der Waals surface area contributed by atoms with Crippen LogP contribution in [0.25, 0.3) is 6.08 Å². The van der Waals surface area contributed by atoms with Crippen LogP contribution in [0.2, 0.25) is 0 Å². The summed E-state index contributed by atoms with van der Waals surface area (Å²) in [7, 11) is 0. The van der Waals surface area contributed by atoms with Crippen molar-refractivity contribution in [3.05, 3.63) is 41.5 Å². The standard InChI is InChI=1S/C15H19F2NO/c1-2-3-5-10-13(15(16,17)14(18)19)11-12-8-6-4-7-9-12/h4,6-9,11H,2-3,5,10H2,1H3,(H2,18,19). The summed E-state index contributed by atoms with van der Waals surface area (Å²) < 4.78 is 27.6. The average Bonchev–Trinajstić information content (AvgIpc) is 2.38. The highest BCUT2D eigenvalue weighted by atomic mass is 19.3. The van der Waals surface area contributed by atoms with Crippen molar-refractivity contribution in [2.75, 3.05) is 0 Å². The predicted molar refractivity (Wildman–Crippen MR) is 72.7 cm³/mol. The van der Waals surface area contributed by atoms with Crippen molar-refractivity contribution in [2.24, 2.45) is 5.73 Å². The van der Waals surface area contributed by atoms with Crippen LogP contribution in [0, 0.1) is 0 Å². The average molecular weight is 267 g/mol. The maximum atomic E-state index is 13.8. The monoisotopic (exact) mass is 267 g/mol. The van der Waals surface area contributed by atoms with Crippen LogP contribution in [0.1, 0.15) is 38.2 Å². The molecule has 0 bridgehead atoms. The molecule has 0 aliphatic rings. The topological polar surface area (TPSA) is 43.1 Å². The Kier molecular flexibility index (Phi) is 5.67. The molecule has 19 heavy (non-hydrogen) atoms. The molecule has 0 aromatic heterocycles. The van der Waals surface area contributed by atoms with E-state index in [0.717, 1.165) is 12.8 Å². The maximum Gasteiger partial charge on any atom is 0.345 e. The van der Waals surface area contributed by atoms with Gasteiger partial charge in [0.05, 0.1) is 0 Å². The number of hydrogen-bond acceptors (Lipinski definition) is 1. The number of benzene rings is 1. The molecular formula is C15H19F2NO. The number of amides is 1. The van der Waals surface area contributed by atoms with Crippen molar-refractivity contribution in [1.29, 1.82) is 0 Å². The first-order valence-electron chi connectivity index (χ1n) is 6.42. The molecule has 0 unspecified atom stereocenters. The zero-order valence-electron chi connectivity index (χ0n) is 11.0. The molecule has 2 N–H and O–H groups in total. The molecule has 1 amide bonds. The Bertz CT molecular complexity index is 441. The third-order valence-electron chi connectivity index (χ3n) is 2.90. The third-order valence-corrected chi connectivity index (χ3v) is 2.90. The van der Waals surface area contributed by atoms with E-state index in [1.165, 1.54) is 6.08 Å². The van der Waals surface area contributed by atoms with Crippen molar-refractivity contribution in [1.82, 2.24) is 0 Å². The first kappa shape index (κ1) is 15.3. The van der Waals surface area contributed by atoms with Gasteiger partial charge in [-0.15, -0.1) is 0 Å². The highest BCUT2D eigenvalue weighted by molar-refractivity contribution is 5.86. The van der Waals surface area contributed by atoms with Crippen molar-refractivity contribution in [2.45, 2.75) is 38.5 Å². The molecule has 1 rings (SSSR count). The normalized spacial score (nSPS) is 12.5. The van der Waals surface area contributed by atoms with Gasteiger partial charge in [-0.05, 0) is 24.5 Å². The Labute approximate surface area is 112 Å². The fourth-order valence-electron chi connectivity index (χ4n) is 1.79. The number of rotatable bonds is 7. The number of nitrogens with two attached hydrogens (primary N) is 1. The van der Waals surface area contributed by atoms with Gasteiger partial charge in [0, 0.05) is 5.57 Å². The summed E-state index contributed by atoms with van der Waals surface area (Å²) in [6, 6.07) is 8.77. The molecular weight excluding hydrogens is 248 g/mol. The summed E-state index contributed by atoms with van der Waals surface area (Å²) in [5, 5.41) is 0. The highest BCUT2D eigenvalue weighted by Crippen LogP contribution is 2.30. The SMILES string of the molecule is CCCCCC(=Cc1ccccc1)C(F)(F)C(N)=O. The van der Waals surface area contributed by atoms with Crippen LogP contribution in [0.5, 0.6) is 0 Å². The second-order valence-electron chi connectivity index (χ2n) is 4.48. The second-order valence-corrected chi connectivity index (χ2v) is 4.48. The smallest absolute Gasteiger partial charge is 0.345 e. The van der Waals surface area contributed by atoms with E-state index in [4.69, 9.17) is 5.73 Å². The first-order valence-corrected chi connectivity index (χ1v) is 6.42. The van der Waals surface area contributed by atoms with Crippen LogP contribution >= 0.6 is 0 Å². The molecule has 0 aliphatic carbocycles. The van der Waals surface area contributed by atoms with E-state index in [9.17, 15) is 13.6 Å². The van der Waals surface area contributed by atoms with E-state index >= 15 is 0 Å². The minimum atomic E-state index is -3.58. The number of alkyl halides is 2. The molecule has 0 saturated carbocycles. The summed E-state index contributed by atoms with van der Waals surface area (Å²) in [6.07, 6.45) is 3.94. The zero-order valence-corrected chi connectivity index (χ0v) is 11.0. The third kappa shape index (κ3) is 4.47. The molecule has 4 heteroatoms. The summed E-state index contributed by atoms with van der Waals surface area (Å²) in [5.74, 6) is -5.17. The minimum absolute atomic E-state index is 0.179. The Morgan fingerprint density at radius 2 is 1.89 bits per heavy atom. The van der Waals surface area contributed by atoms with E-state index in [0.29, 0.717) is 12.0 Å². The molecule has 0 aliphatic heterocycles. The van der Waals surface area contributed by atoms with Gasteiger partial charge < -0.3 is 5.73 Å². The molecule has 0 fully saturated rings. The number of primary amides is 1. The van der Waals surface area contributed by atoms with Gasteiger partial charge in [-0.2, -0.15) is 8.78 Å². The Balaban J connectivity index is 2.98. The van der Waals surface area contributed by atoms with Crippen molar-refractivity contribution >= 4 is 12.0 Å². The van der Waals surface area contributed by atoms with E-state index in [1.807, 2.05) is 6.92 Å². The highest BCUT2D eigenvalue weighted by Gasteiger charge is 2.40. The van der Waals surface area contributed by atoms with E-state index < -0.39 is 11.8 Å². The molecule has 1 aromatic rings. The van der Waals surface area contributed by atoms with Gasteiger partial charge in [-0.3, -0.25) is 4.79 Å². The number of unbranched alkanes of at least 4 members (excludes halogenated alkanes) is 2. The lowest BCUT2D eigenvalue weighted by molar-refractivity contribution is -0.137. The summed E-state index contributed by atoms with van der Waals surface area (Å²) >= 11 is 0. The molecule has 0 radical (unpaired) electrons. The van der Waals surface area contributed by atoms with Crippen molar-refractivity contribution in [3.63, 3.8) is 0 Å². The molecule has 104 valence electrons. The molecule has 0 saturated heterocycles. The maximum absolute atomic E-state index is 13.8. The lowest BCUT2D eigenvalue weighted by atomic mass is 9.98. The van der Waals surface area contributed by atoms with Gasteiger partial charge in [0.15, 0.2) is 0 Å². The van der Waals surface area contributed by atoms with Crippen LogP contribution in [-0.4, -0.2) is 11.8 Å². The van der Waals surface area contributed by atoms with Crippen molar-refractivity contribution < 1.29 is 13.6 Å². The lowest BCUT2D eigenvalue weighted by Gasteiger charge is -2.17. The largest absolute Gasteiger partial charge is 0.364 e. The van der Waals surface area contributed by atoms with Gasteiger partial charge in [0.25, 0.3) is 5.91 Å². The Hall–Kier alpha value is -1.71. The first-order chi connectivity index (χ1) is 8.98. The van der Waals surface area contributed by atoms with Crippen LogP contribution in [-0.2, 0) is 4.79 Å². The Morgan fingerprint density at radius 1 is 1.26 bits per heavy atom. The van der Waals surface area contributed by atoms with Gasteiger partial charge in [0.1, 0.15) is 0 Å². The summed E-state index contributed by atoms with van der Waals surface area (Å²) in [5.41, 5.74) is 5.24. The number of carbonyl (C=O) groups excluding carboxylic acids is 1. The van der Waals surface area contributed by atoms with E-state index in [-0.39, 0.29) is 12.0 Å². The van der Waals surface area contributed by atoms with Gasteiger partial charge in [-0.1, -0.05) is 50.1 Å². The van der Waals surface area contributed by atoms with Gasteiger partial charge in [0.2, 0.25) is 0 Å². The second kappa shape index (κ2) is 7.02. The Morgan fingerprint density at radius 3 is 2.42 bits per heavy atom. The number of hydrogen-bond donors (Lipinski definition) is 1. The molecule has 2 nitrogen and oxygen atoms in total. The van der Waals surface area contributed by atoms with E-state index in [2.05, 4.69) is 0 Å². The van der Waals surface area contributed by atoms with Gasteiger partial charge >= 0.3 is 5.92 Å². The van der Waals surface area contributed by atoms with Crippen LogP contribution < -0.4 is 5.73 Å². The number of carbonyl (C=O) groups is 1. The molecule has 0 spiro atoms. The summed E-state index contributed by atoms with van der Waals surface area (Å²) in [4.78, 5) is 10.9. The zero-order chi connectivity index (χ0) is 14.3. The van der Waals surface area contributed by atoms with Crippen LogP contribution in [0.4, 0.5) is 8.78 Å². The minimum Gasteiger partial charge on any atom is -0.364 e. The molecule has 0 atom stereocenters. The van der Waals surface area contributed by atoms with Gasteiger partial charge in [-0.25, -0.2) is 0 Å². The number of halogens is 2. The fraction of sp³-hybridized carbons (Fsp3) is 0.400. The summed E-state index contributed by atoms with van der Waals surface area (Å²) in [6.45, 7) is 1.99. The van der Waals surface area contributed by atoms with Crippen LogP contribution in [0.3, 0.4) is 0 Å². The molecule has 1 aromatic carbocycles. The molecule has 0 heterocycles. The predicted octanol–water partition coefficient (Wildman–Crippen LogP) is 3.77.